The lowest BCUT2D eigenvalue weighted by Gasteiger charge is -2.26. The van der Waals surface area contributed by atoms with Gasteiger partial charge in [-0.1, -0.05) is 6.92 Å². The molecule has 0 radical (unpaired) electrons. The van der Waals surface area contributed by atoms with Crippen molar-refractivity contribution in [2.45, 2.75) is 32.9 Å². The van der Waals surface area contributed by atoms with Crippen LogP contribution in [0.4, 0.5) is 0 Å². The average molecular weight is 338 g/mol. The number of fused-ring (bicyclic) bond motifs is 2. The lowest BCUT2D eigenvalue weighted by atomic mass is 10.0. The third-order valence-electron chi connectivity index (χ3n) is 4.96. The van der Waals surface area contributed by atoms with Crippen LogP contribution in [0.3, 0.4) is 0 Å². The standard InChI is InChI=1S/C19H22N4O2/c1-3-16-15-11-23(7-6-17(15)22-21-16)10-13-8-12-4-5-14(25-2)9-18(12)20-19(13)24/h4-5,8-9H,3,6-7,10-11H2,1-2H3,(H,20,24)(H,21,22). The first-order valence-electron chi connectivity index (χ1n) is 8.65. The number of rotatable bonds is 4. The van der Waals surface area contributed by atoms with Crippen molar-refractivity contribution >= 4 is 10.9 Å². The number of nitrogens with one attached hydrogen (secondary N) is 2. The minimum Gasteiger partial charge on any atom is -0.497 e. The highest BCUT2D eigenvalue weighted by molar-refractivity contribution is 5.80. The average Bonchev–Trinajstić information content (AvgIpc) is 3.04. The van der Waals surface area contributed by atoms with Gasteiger partial charge in [-0.15, -0.1) is 0 Å². The van der Waals surface area contributed by atoms with Crippen molar-refractivity contribution in [3.8, 4) is 5.75 Å². The summed E-state index contributed by atoms with van der Waals surface area (Å²) in [6, 6.07) is 7.73. The number of aromatic nitrogens is 3. The van der Waals surface area contributed by atoms with Crippen molar-refractivity contribution in [2.24, 2.45) is 0 Å². The van der Waals surface area contributed by atoms with E-state index < -0.39 is 0 Å². The number of pyridine rings is 1. The molecule has 0 amide bonds. The SMILES string of the molecule is CCc1n[nH]c2c1CN(Cc1cc3ccc(OC)cc3[nH]c1=O)CC2. The fraction of sp³-hybridized carbons (Fsp3) is 0.368. The maximum Gasteiger partial charge on any atom is 0.252 e. The smallest absolute Gasteiger partial charge is 0.252 e. The zero-order valence-electron chi connectivity index (χ0n) is 14.6. The Kier molecular flexibility index (Phi) is 4.05. The van der Waals surface area contributed by atoms with E-state index in [4.69, 9.17) is 4.74 Å². The van der Waals surface area contributed by atoms with Crippen LogP contribution in [0.5, 0.6) is 5.75 Å². The van der Waals surface area contributed by atoms with E-state index in [2.05, 4.69) is 27.0 Å². The first-order valence-corrected chi connectivity index (χ1v) is 8.65. The molecule has 1 aromatic carbocycles. The second-order valence-corrected chi connectivity index (χ2v) is 6.52. The first-order chi connectivity index (χ1) is 12.2. The fourth-order valence-electron chi connectivity index (χ4n) is 3.55. The molecule has 6 nitrogen and oxygen atoms in total. The van der Waals surface area contributed by atoms with E-state index in [0.29, 0.717) is 6.54 Å². The summed E-state index contributed by atoms with van der Waals surface area (Å²) < 4.78 is 5.22. The normalized spacial score (nSPS) is 14.6. The van der Waals surface area contributed by atoms with Crippen molar-refractivity contribution in [2.75, 3.05) is 13.7 Å². The predicted molar refractivity (Wildman–Crippen MR) is 96.9 cm³/mol. The van der Waals surface area contributed by atoms with E-state index in [1.165, 1.54) is 11.3 Å². The van der Waals surface area contributed by atoms with Crippen LogP contribution in [0.25, 0.3) is 10.9 Å². The predicted octanol–water partition coefficient (Wildman–Crippen LogP) is 2.38. The summed E-state index contributed by atoms with van der Waals surface area (Å²) in [5, 5.41) is 8.57. The number of benzene rings is 1. The van der Waals surface area contributed by atoms with Gasteiger partial charge in [-0.25, -0.2) is 0 Å². The molecular formula is C19H22N4O2. The van der Waals surface area contributed by atoms with Gasteiger partial charge in [0.05, 0.1) is 18.3 Å². The Morgan fingerprint density at radius 2 is 2.20 bits per heavy atom. The van der Waals surface area contributed by atoms with Crippen LogP contribution in [0.15, 0.2) is 29.1 Å². The molecule has 1 aliphatic rings. The summed E-state index contributed by atoms with van der Waals surface area (Å²) in [6.45, 7) is 4.54. The molecule has 0 bridgehead atoms. The zero-order chi connectivity index (χ0) is 17.4. The van der Waals surface area contributed by atoms with Gasteiger partial charge in [0, 0.05) is 48.9 Å². The summed E-state index contributed by atoms with van der Waals surface area (Å²) in [4.78, 5) is 17.8. The maximum atomic E-state index is 12.5. The second kappa shape index (κ2) is 6.37. The van der Waals surface area contributed by atoms with E-state index in [1.807, 2.05) is 24.3 Å². The highest BCUT2D eigenvalue weighted by Gasteiger charge is 2.22. The molecule has 1 aliphatic heterocycles. The Balaban J connectivity index is 1.60. The molecule has 2 aromatic heterocycles. The third-order valence-corrected chi connectivity index (χ3v) is 4.96. The van der Waals surface area contributed by atoms with Gasteiger partial charge in [-0.3, -0.25) is 14.8 Å². The van der Waals surface area contributed by atoms with Crippen LogP contribution < -0.4 is 10.3 Å². The minimum absolute atomic E-state index is 0.0329. The van der Waals surface area contributed by atoms with Crippen LogP contribution in [-0.2, 0) is 25.9 Å². The van der Waals surface area contributed by atoms with Crippen molar-refractivity contribution in [3.63, 3.8) is 0 Å². The number of aromatic amines is 2. The van der Waals surface area contributed by atoms with Crippen LogP contribution in [0.1, 0.15) is 29.4 Å². The molecule has 0 saturated heterocycles. The van der Waals surface area contributed by atoms with Crippen molar-refractivity contribution in [3.05, 3.63) is 57.1 Å². The molecule has 4 rings (SSSR count). The molecule has 25 heavy (non-hydrogen) atoms. The van der Waals surface area contributed by atoms with Gasteiger partial charge < -0.3 is 9.72 Å². The van der Waals surface area contributed by atoms with Crippen molar-refractivity contribution in [1.29, 1.82) is 0 Å². The lowest BCUT2D eigenvalue weighted by molar-refractivity contribution is 0.243. The first kappa shape index (κ1) is 15.9. The molecular weight excluding hydrogens is 316 g/mol. The van der Waals surface area contributed by atoms with Gasteiger partial charge in [0.25, 0.3) is 5.56 Å². The molecule has 0 saturated carbocycles. The molecule has 0 unspecified atom stereocenters. The molecule has 2 N–H and O–H groups in total. The van der Waals surface area contributed by atoms with Crippen LogP contribution in [-0.4, -0.2) is 33.7 Å². The highest BCUT2D eigenvalue weighted by atomic mass is 16.5. The molecule has 3 heterocycles. The largest absolute Gasteiger partial charge is 0.497 e. The Bertz CT molecular complexity index is 960. The van der Waals surface area contributed by atoms with E-state index in [0.717, 1.165) is 53.8 Å². The van der Waals surface area contributed by atoms with E-state index in [-0.39, 0.29) is 5.56 Å². The monoisotopic (exact) mass is 338 g/mol. The summed E-state index contributed by atoms with van der Waals surface area (Å²) in [7, 11) is 1.62. The number of hydrogen-bond donors (Lipinski definition) is 2. The minimum atomic E-state index is -0.0329. The Labute approximate surface area is 145 Å². The number of nitrogens with zero attached hydrogens (tertiary/aromatic N) is 2. The number of H-pyrrole nitrogens is 2. The zero-order valence-corrected chi connectivity index (χ0v) is 14.6. The Hall–Kier alpha value is -2.60. The highest BCUT2D eigenvalue weighted by Crippen LogP contribution is 2.23. The molecule has 0 aliphatic carbocycles. The van der Waals surface area contributed by atoms with Crippen molar-refractivity contribution < 1.29 is 4.74 Å². The molecule has 130 valence electrons. The molecule has 6 heteroatoms. The fourth-order valence-corrected chi connectivity index (χ4v) is 3.55. The van der Waals surface area contributed by atoms with Gasteiger partial charge in [0.15, 0.2) is 0 Å². The molecule has 3 aromatic rings. The summed E-state index contributed by atoms with van der Waals surface area (Å²) in [5.41, 5.74) is 5.25. The number of methoxy groups -OCH3 is 1. The lowest BCUT2D eigenvalue weighted by Crippen LogP contribution is -2.32. The second-order valence-electron chi connectivity index (χ2n) is 6.52. The van der Waals surface area contributed by atoms with Gasteiger partial charge in [-0.05, 0) is 30.0 Å². The maximum absolute atomic E-state index is 12.5. The van der Waals surface area contributed by atoms with Gasteiger partial charge in [-0.2, -0.15) is 5.10 Å². The molecule has 0 atom stereocenters. The van der Waals surface area contributed by atoms with Gasteiger partial charge >= 0.3 is 0 Å². The van der Waals surface area contributed by atoms with E-state index >= 15 is 0 Å². The Morgan fingerprint density at radius 1 is 1.32 bits per heavy atom. The van der Waals surface area contributed by atoms with Crippen LogP contribution in [0, 0.1) is 0 Å². The topological polar surface area (TPSA) is 74.0 Å². The van der Waals surface area contributed by atoms with Crippen molar-refractivity contribution in [1.82, 2.24) is 20.1 Å². The van der Waals surface area contributed by atoms with E-state index in [1.54, 1.807) is 7.11 Å². The number of hydrogen-bond acceptors (Lipinski definition) is 4. The van der Waals surface area contributed by atoms with E-state index in [9.17, 15) is 4.79 Å². The summed E-state index contributed by atoms with van der Waals surface area (Å²) in [6.07, 6.45) is 1.88. The van der Waals surface area contributed by atoms with Gasteiger partial charge in [0.1, 0.15) is 5.75 Å². The third kappa shape index (κ3) is 2.93. The van der Waals surface area contributed by atoms with Crippen LogP contribution in [0.2, 0.25) is 0 Å². The quantitative estimate of drug-likeness (QED) is 0.766. The Morgan fingerprint density at radius 3 is 3.00 bits per heavy atom. The molecule has 0 fully saturated rings. The van der Waals surface area contributed by atoms with Gasteiger partial charge in [0.2, 0.25) is 0 Å². The molecule has 0 spiro atoms. The van der Waals surface area contributed by atoms with Crippen LogP contribution >= 0.6 is 0 Å². The summed E-state index contributed by atoms with van der Waals surface area (Å²) >= 11 is 0. The summed E-state index contributed by atoms with van der Waals surface area (Å²) in [5.74, 6) is 0.742. The number of ether oxygens (including phenoxy) is 1. The number of aryl methyl sites for hydroxylation is 1.